The summed E-state index contributed by atoms with van der Waals surface area (Å²) in [4.78, 5) is 11.1. The van der Waals surface area contributed by atoms with Crippen molar-refractivity contribution in [1.82, 2.24) is 5.32 Å². The quantitative estimate of drug-likeness (QED) is 0.727. The fraction of sp³-hybridized carbons (Fsp3) is 0.800. The topological polar surface area (TPSA) is 62.1 Å². The van der Waals surface area contributed by atoms with Crippen LogP contribution in [0, 0.1) is 17.2 Å². The van der Waals surface area contributed by atoms with Gasteiger partial charge in [-0.2, -0.15) is 5.26 Å². The summed E-state index contributed by atoms with van der Waals surface area (Å²) >= 11 is 0. The highest BCUT2D eigenvalue weighted by atomic mass is 16.5. The fourth-order valence-electron chi connectivity index (χ4n) is 1.57. The predicted octanol–water partition coefficient (Wildman–Crippen LogP) is 0.830. The Morgan fingerprint density at radius 1 is 1.71 bits per heavy atom. The van der Waals surface area contributed by atoms with Gasteiger partial charge in [-0.05, 0) is 12.3 Å². The molecule has 1 N–H and O–H groups in total. The zero-order chi connectivity index (χ0) is 10.6. The van der Waals surface area contributed by atoms with E-state index in [1.54, 1.807) is 0 Å². The van der Waals surface area contributed by atoms with Crippen LogP contribution in [-0.2, 0) is 9.53 Å². The van der Waals surface area contributed by atoms with E-state index < -0.39 is 0 Å². The first-order valence-corrected chi connectivity index (χ1v) is 4.91. The van der Waals surface area contributed by atoms with Crippen LogP contribution in [0.1, 0.15) is 26.7 Å². The van der Waals surface area contributed by atoms with Crippen LogP contribution in [0.5, 0.6) is 0 Å². The van der Waals surface area contributed by atoms with Crippen LogP contribution in [0.15, 0.2) is 0 Å². The van der Waals surface area contributed by atoms with Crippen LogP contribution in [0.3, 0.4) is 0 Å². The Balaban J connectivity index is 2.29. The molecule has 0 spiro atoms. The minimum absolute atomic E-state index is 0.0666. The van der Waals surface area contributed by atoms with E-state index in [1.165, 1.54) is 0 Å². The molecule has 0 aromatic rings. The summed E-state index contributed by atoms with van der Waals surface area (Å²) in [5.74, 6) is 0.276. The molecule has 4 heteroatoms. The molecule has 0 aromatic heterocycles. The summed E-state index contributed by atoms with van der Waals surface area (Å²) in [7, 11) is 0. The second-order valence-corrected chi connectivity index (χ2v) is 3.95. The van der Waals surface area contributed by atoms with Crippen molar-refractivity contribution in [3.63, 3.8) is 0 Å². The van der Waals surface area contributed by atoms with Gasteiger partial charge < -0.3 is 10.1 Å². The molecule has 1 fully saturated rings. The fourth-order valence-corrected chi connectivity index (χ4v) is 1.57. The average Bonchev–Trinajstić information content (AvgIpc) is 2.53. The number of amides is 1. The first-order valence-electron chi connectivity index (χ1n) is 4.91. The molecule has 14 heavy (non-hydrogen) atoms. The van der Waals surface area contributed by atoms with E-state index in [1.807, 2.05) is 6.07 Å². The molecule has 0 aromatic carbocycles. The molecule has 0 bridgehead atoms. The molecule has 1 aliphatic rings. The first-order chi connectivity index (χ1) is 6.63. The lowest BCUT2D eigenvalue weighted by Crippen LogP contribution is -2.35. The Morgan fingerprint density at radius 3 is 2.93 bits per heavy atom. The molecule has 0 saturated carbocycles. The molecule has 1 amide bonds. The van der Waals surface area contributed by atoms with E-state index in [0.717, 1.165) is 6.42 Å². The molecule has 2 atom stereocenters. The Bertz CT molecular complexity index is 245. The zero-order valence-electron chi connectivity index (χ0n) is 8.62. The minimum Gasteiger partial charge on any atom is -0.376 e. The number of nitrogens with one attached hydrogen (secondary N) is 1. The molecule has 1 saturated heterocycles. The molecular formula is C10H16N2O2. The lowest BCUT2D eigenvalue weighted by Gasteiger charge is -2.13. The number of hydrogen-bond donors (Lipinski definition) is 1. The van der Waals surface area contributed by atoms with Crippen molar-refractivity contribution in [2.45, 2.75) is 38.8 Å². The lowest BCUT2D eigenvalue weighted by molar-refractivity contribution is -0.120. The Hall–Kier alpha value is -1.08. The van der Waals surface area contributed by atoms with Gasteiger partial charge in [0.15, 0.2) is 0 Å². The molecule has 1 heterocycles. The average molecular weight is 196 g/mol. The summed E-state index contributed by atoms with van der Waals surface area (Å²) in [5, 5.41) is 11.1. The maximum atomic E-state index is 11.1. The molecule has 0 aliphatic carbocycles. The van der Waals surface area contributed by atoms with Gasteiger partial charge in [0.25, 0.3) is 0 Å². The van der Waals surface area contributed by atoms with Crippen LogP contribution < -0.4 is 5.32 Å². The van der Waals surface area contributed by atoms with Crippen molar-refractivity contribution in [3.8, 4) is 6.07 Å². The van der Waals surface area contributed by atoms with E-state index in [4.69, 9.17) is 10.00 Å². The van der Waals surface area contributed by atoms with Crippen LogP contribution in [0.4, 0.5) is 0 Å². The molecule has 2 unspecified atom stereocenters. The van der Waals surface area contributed by atoms with Gasteiger partial charge in [0.2, 0.25) is 5.91 Å². The number of carbonyl (C=O) groups excluding carboxylic acids is 1. The Kier molecular flexibility index (Phi) is 3.90. The number of ether oxygens (including phenoxy) is 1. The van der Waals surface area contributed by atoms with E-state index in [0.29, 0.717) is 12.5 Å². The number of rotatable bonds is 3. The van der Waals surface area contributed by atoms with Crippen molar-refractivity contribution in [2.24, 2.45) is 5.92 Å². The van der Waals surface area contributed by atoms with Crippen LogP contribution >= 0.6 is 0 Å². The van der Waals surface area contributed by atoms with Gasteiger partial charge in [0.05, 0.1) is 24.8 Å². The van der Waals surface area contributed by atoms with E-state index in [-0.39, 0.29) is 24.5 Å². The summed E-state index contributed by atoms with van der Waals surface area (Å²) in [6.07, 6.45) is 1.03. The molecule has 4 nitrogen and oxygen atoms in total. The molecule has 78 valence electrons. The van der Waals surface area contributed by atoms with Gasteiger partial charge in [-0.25, -0.2) is 0 Å². The maximum absolute atomic E-state index is 11.1. The maximum Gasteiger partial charge on any atom is 0.234 e. The van der Waals surface area contributed by atoms with Crippen LogP contribution in [0.2, 0.25) is 0 Å². The summed E-state index contributed by atoms with van der Waals surface area (Å²) in [6.45, 7) is 4.77. The summed E-state index contributed by atoms with van der Waals surface area (Å²) in [5.41, 5.74) is 0. The zero-order valence-corrected chi connectivity index (χ0v) is 8.62. The smallest absolute Gasteiger partial charge is 0.234 e. The van der Waals surface area contributed by atoms with Crippen molar-refractivity contribution < 1.29 is 9.53 Å². The minimum atomic E-state index is -0.203. The largest absolute Gasteiger partial charge is 0.376 e. The van der Waals surface area contributed by atoms with Crippen molar-refractivity contribution >= 4 is 5.91 Å². The highest BCUT2D eigenvalue weighted by Gasteiger charge is 2.28. The third-order valence-electron chi connectivity index (χ3n) is 2.38. The van der Waals surface area contributed by atoms with E-state index in [9.17, 15) is 4.79 Å². The molecule has 0 radical (unpaired) electrons. The standard InChI is InChI=1S/C10H16N2O2/c1-7(2)9-5-8(6-14-9)12-10(13)3-4-11/h7-9H,3,5-6H2,1-2H3,(H,12,13). The SMILES string of the molecule is CC(C)C1CC(NC(=O)CC#N)CO1. The summed E-state index contributed by atoms with van der Waals surface area (Å²) < 4.78 is 5.51. The second-order valence-electron chi connectivity index (χ2n) is 3.95. The number of carbonyl (C=O) groups is 1. The number of hydrogen-bond acceptors (Lipinski definition) is 3. The summed E-state index contributed by atoms with van der Waals surface area (Å²) in [6, 6.07) is 1.91. The van der Waals surface area contributed by atoms with Crippen molar-refractivity contribution in [2.75, 3.05) is 6.61 Å². The van der Waals surface area contributed by atoms with Crippen LogP contribution in [0.25, 0.3) is 0 Å². The van der Waals surface area contributed by atoms with Crippen molar-refractivity contribution in [1.29, 1.82) is 5.26 Å². The van der Waals surface area contributed by atoms with Crippen LogP contribution in [-0.4, -0.2) is 24.7 Å². The lowest BCUT2D eigenvalue weighted by atomic mass is 10.0. The third kappa shape index (κ3) is 3.00. The number of nitriles is 1. The monoisotopic (exact) mass is 196 g/mol. The highest BCUT2D eigenvalue weighted by Crippen LogP contribution is 2.20. The van der Waals surface area contributed by atoms with Crippen molar-refractivity contribution in [3.05, 3.63) is 0 Å². The van der Waals surface area contributed by atoms with Gasteiger partial charge in [-0.15, -0.1) is 0 Å². The molecular weight excluding hydrogens is 180 g/mol. The predicted molar refractivity (Wildman–Crippen MR) is 51.4 cm³/mol. The van der Waals surface area contributed by atoms with Gasteiger partial charge >= 0.3 is 0 Å². The van der Waals surface area contributed by atoms with Gasteiger partial charge in [0, 0.05) is 0 Å². The van der Waals surface area contributed by atoms with E-state index >= 15 is 0 Å². The Morgan fingerprint density at radius 2 is 2.43 bits per heavy atom. The normalized spacial score (nSPS) is 26.1. The van der Waals surface area contributed by atoms with Gasteiger partial charge in [0.1, 0.15) is 6.42 Å². The van der Waals surface area contributed by atoms with Gasteiger partial charge in [-0.1, -0.05) is 13.8 Å². The Labute approximate surface area is 84.2 Å². The third-order valence-corrected chi connectivity index (χ3v) is 2.38. The first kappa shape index (κ1) is 11.0. The number of nitrogens with zero attached hydrogens (tertiary/aromatic N) is 1. The molecule has 1 aliphatic heterocycles. The highest BCUT2D eigenvalue weighted by molar-refractivity contribution is 5.78. The van der Waals surface area contributed by atoms with E-state index in [2.05, 4.69) is 19.2 Å². The second kappa shape index (κ2) is 4.97. The van der Waals surface area contributed by atoms with Gasteiger partial charge in [-0.3, -0.25) is 4.79 Å². The molecule has 1 rings (SSSR count).